The van der Waals surface area contributed by atoms with E-state index in [4.69, 9.17) is 9.47 Å². The van der Waals surface area contributed by atoms with Crippen LogP contribution in [0, 0.1) is 0 Å². The molecule has 0 aromatic carbocycles. The van der Waals surface area contributed by atoms with Crippen LogP contribution in [0.3, 0.4) is 0 Å². The molecule has 84 valence electrons. The zero-order valence-corrected chi connectivity index (χ0v) is 9.48. The summed E-state index contributed by atoms with van der Waals surface area (Å²) in [6.07, 6.45) is 5.27. The summed E-state index contributed by atoms with van der Waals surface area (Å²) in [6.45, 7) is 5.61. The standard InChI is InChI=1S/C12H19NO2/c1-3-9-14-12(15-10-4-2)11-5-7-13-8-6-11/h5-8,12H,3-4,9-10H2,1-2H3. The molecule has 0 amide bonds. The highest BCUT2D eigenvalue weighted by molar-refractivity contribution is 5.11. The van der Waals surface area contributed by atoms with E-state index in [-0.39, 0.29) is 6.29 Å². The van der Waals surface area contributed by atoms with E-state index in [1.165, 1.54) is 0 Å². The van der Waals surface area contributed by atoms with E-state index >= 15 is 0 Å². The molecule has 0 fully saturated rings. The topological polar surface area (TPSA) is 31.4 Å². The fourth-order valence-corrected chi connectivity index (χ4v) is 1.21. The zero-order chi connectivity index (χ0) is 10.9. The second kappa shape index (κ2) is 7.37. The van der Waals surface area contributed by atoms with Crippen LogP contribution in [0.2, 0.25) is 0 Å². The molecule has 3 heteroatoms. The number of aromatic nitrogens is 1. The molecule has 15 heavy (non-hydrogen) atoms. The van der Waals surface area contributed by atoms with E-state index in [0.717, 1.165) is 31.6 Å². The molecular weight excluding hydrogens is 190 g/mol. The maximum Gasteiger partial charge on any atom is 0.183 e. The zero-order valence-electron chi connectivity index (χ0n) is 9.48. The van der Waals surface area contributed by atoms with Gasteiger partial charge in [-0.05, 0) is 25.0 Å². The predicted octanol–water partition coefficient (Wildman–Crippen LogP) is 2.93. The minimum atomic E-state index is -0.243. The lowest BCUT2D eigenvalue weighted by atomic mass is 10.2. The first-order valence-electron chi connectivity index (χ1n) is 5.51. The monoisotopic (exact) mass is 209 g/mol. The molecule has 1 aromatic rings. The Balaban J connectivity index is 2.55. The molecule has 0 saturated carbocycles. The number of hydrogen-bond acceptors (Lipinski definition) is 3. The Morgan fingerprint density at radius 2 is 1.60 bits per heavy atom. The van der Waals surface area contributed by atoms with E-state index in [1.54, 1.807) is 12.4 Å². The van der Waals surface area contributed by atoms with Crippen molar-refractivity contribution in [2.24, 2.45) is 0 Å². The van der Waals surface area contributed by atoms with Crippen LogP contribution in [-0.2, 0) is 9.47 Å². The number of nitrogens with zero attached hydrogens (tertiary/aromatic N) is 1. The molecule has 0 bridgehead atoms. The molecule has 1 heterocycles. The van der Waals surface area contributed by atoms with E-state index < -0.39 is 0 Å². The molecule has 0 radical (unpaired) electrons. The van der Waals surface area contributed by atoms with Gasteiger partial charge >= 0.3 is 0 Å². The molecule has 3 nitrogen and oxygen atoms in total. The minimum absolute atomic E-state index is 0.243. The lowest BCUT2D eigenvalue weighted by Crippen LogP contribution is -2.10. The molecular formula is C12H19NO2. The summed E-state index contributed by atoms with van der Waals surface area (Å²) >= 11 is 0. The summed E-state index contributed by atoms with van der Waals surface area (Å²) < 4.78 is 11.3. The molecule has 0 spiro atoms. The van der Waals surface area contributed by atoms with E-state index in [2.05, 4.69) is 18.8 Å². The van der Waals surface area contributed by atoms with Gasteiger partial charge in [-0.15, -0.1) is 0 Å². The second-order valence-electron chi connectivity index (χ2n) is 3.35. The normalized spacial score (nSPS) is 10.9. The first-order chi connectivity index (χ1) is 7.38. The SMILES string of the molecule is CCCOC(OCCC)c1ccncc1. The van der Waals surface area contributed by atoms with Crippen molar-refractivity contribution in [2.45, 2.75) is 33.0 Å². The summed E-state index contributed by atoms with van der Waals surface area (Å²) in [6, 6.07) is 3.85. The van der Waals surface area contributed by atoms with Crippen molar-refractivity contribution in [3.05, 3.63) is 30.1 Å². The van der Waals surface area contributed by atoms with Crippen molar-refractivity contribution in [1.82, 2.24) is 4.98 Å². The summed E-state index contributed by atoms with van der Waals surface area (Å²) in [5, 5.41) is 0. The first kappa shape index (κ1) is 12.1. The minimum Gasteiger partial charge on any atom is -0.348 e. The van der Waals surface area contributed by atoms with Gasteiger partial charge < -0.3 is 9.47 Å². The number of ether oxygens (including phenoxy) is 2. The van der Waals surface area contributed by atoms with Crippen molar-refractivity contribution in [1.29, 1.82) is 0 Å². The van der Waals surface area contributed by atoms with Crippen molar-refractivity contribution in [2.75, 3.05) is 13.2 Å². The lowest BCUT2D eigenvalue weighted by Gasteiger charge is -2.18. The number of rotatable bonds is 7. The second-order valence-corrected chi connectivity index (χ2v) is 3.35. The molecule has 0 aliphatic rings. The Bertz CT molecular complexity index is 243. The van der Waals surface area contributed by atoms with Gasteiger partial charge in [-0.3, -0.25) is 4.98 Å². The Hall–Kier alpha value is -0.930. The Morgan fingerprint density at radius 3 is 2.07 bits per heavy atom. The molecule has 1 rings (SSSR count). The average molecular weight is 209 g/mol. The third-order valence-corrected chi connectivity index (χ3v) is 1.92. The van der Waals surface area contributed by atoms with Crippen LogP contribution >= 0.6 is 0 Å². The Morgan fingerprint density at radius 1 is 1.07 bits per heavy atom. The quantitative estimate of drug-likeness (QED) is 0.647. The Kier molecular flexibility index (Phi) is 5.97. The highest BCUT2D eigenvalue weighted by Gasteiger charge is 2.10. The summed E-state index contributed by atoms with van der Waals surface area (Å²) in [5.74, 6) is 0. The van der Waals surface area contributed by atoms with Crippen LogP contribution in [0.1, 0.15) is 38.5 Å². The molecule has 1 aromatic heterocycles. The smallest absolute Gasteiger partial charge is 0.183 e. The van der Waals surface area contributed by atoms with Gasteiger partial charge in [0, 0.05) is 31.2 Å². The van der Waals surface area contributed by atoms with Crippen LogP contribution in [-0.4, -0.2) is 18.2 Å². The lowest BCUT2D eigenvalue weighted by molar-refractivity contribution is -0.146. The van der Waals surface area contributed by atoms with Crippen molar-refractivity contribution < 1.29 is 9.47 Å². The molecule has 0 saturated heterocycles. The highest BCUT2D eigenvalue weighted by Crippen LogP contribution is 2.18. The highest BCUT2D eigenvalue weighted by atomic mass is 16.7. The summed E-state index contributed by atoms with van der Waals surface area (Å²) in [5.41, 5.74) is 1.03. The molecule has 0 atom stereocenters. The molecule has 0 unspecified atom stereocenters. The average Bonchev–Trinajstić information content (AvgIpc) is 2.30. The number of pyridine rings is 1. The van der Waals surface area contributed by atoms with Gasteiger partial charge in [-0.2, -0.15) is 0 Å². The van der Waals surface area contributed by atoms with E-state index in [9.17, 15) is 0 Å². The van der Waals surface area contributed by atoms with Gasteiger partial charge in [0.1, 0.15) is 0 Å². The van der Waals surface area contributed by atoms with E-state index in [1.807, 2.05) is 12.1 Å². The maximum absolute atomic E-state index is 5.63. The van der Waals surface area contributed by atoms with Crippen LogP contribution in [0.5, 0.6) is 0 Å². The van der Waals surface area contributed by atoms with Gasteiger partial charge in [0.2, 0.25) is 0 Å². The molecule has 0 N–H and O–H groups in total. The van der Waals surface area contributed by atoms with Gasteiger partial charge in [0.05, 0.1) is 0 Å². The third kappa shape index (κ3) is 4.40. The Labute approximate surface area is 91.4 Å². The summed E-state index contributed by atoms with van der Waals surface area (Å²) in [7, 11) is 0. The molecule has 0 aliphatic heterocycles. The van der Waals surface area contributed by atoms with Crippen LogP contribution in [0.15, 0.2) is 24.5 Å². The number of hydrogen-bond donors (Lipinski definition) is 0. The van der Waals surface area contributed by atoms with Crippen LogP contribution < -0.4 is 0 Å². The van der Waals surface area contributed by atoms with Crippen LogP contribution in [0.4, 0.5) is 0 Å². The summed E-state index contributed by atoms with van der Waals surface area (Å²) in [4.78, 5) is 3.98. The van der Waals surface area contributed by atoms with Gasteiger partial charge in [-0.1, -0.05) is 13.8 Å². The van der Waals surface area contributed by atoms with Crippen molar-refractivity contribution >= 4 is 0 Å². The predicted molar refractivity (Wildman–Crippen MR) is 59.5 cm³/mol. The largest absolute Gasteiger partial charge is 0.348 e. The van der Waals surface area contributed by atoms with Gasteiger partial charge in [0.15, 0.2) is 6.29 Å². The van der Waals surface area contributed by atoms with Crippen LogP contribution in [0.25, 0.3) is 0 Å². The maximum atomic E-state index is 5.63. The van der Waals surface area contributed by atoms with Gasteiger partial charge in [0.25, 0.3) is 0 Å². The van der Waals surface area contributed by atoms with Crippen molar-refractivity contribution in [3.63, 3.8) is 0 Å². The fraction of sp³-hybridized carbons (Fsp3) is 0.583. The van der Waals surface area contributed by atoms with Gasteiger partial charge in [-0.25, -0.2) is 0 Å². The fourth-order valence-electron chi connectivity index (χ4n) is 1.21. The van der Waals surface area contributed by atoms with Crippen molar-refractivity contribution in [3.8, 4) is 0 Å². The van der Waals surface area contributed by atoms with E-state index in [0.29, 0.717) is 0 Å². The first-order valence-corrected chi connectivity index (χ1v) is 5.51. The molecule has 0 aliphatic carbocycles. The third-order valence-electron chi connectivity index (χ3n) is 1.92.